The summed E-state index contributed by atoms with van der Waals surface area (Å²) in [4.78, 5) is 5.58. The second-order valence-corrected chi connectivity index (χ2v) is 5.09. The van der Waals surface area contributed by atoms with Crippen molar-refractivity contribution in [2.24, 2.45) is 5.73 Å². The summed E-state index contributed by atoms with van der Waals surface area (Å²) in [6, 6.07) is 4.16. The van der Waals surface area contributed by atoms with E-state index in [1.54, 1.807) is 0 Å². The minimum absolute atomic E-state index is 0.536. The molecule has 2 nitrogen and oxygen atoms in total. The summed E-state index contributed by atoms with van der Waals surface area (Å²) in [6.45, 7) is 0.536. The molecule has 2 N–H and O–H groups in total. The van der Waals surface area contributed by atoms with Gasteiger partial charge in [0.25, 0.3) is 0 Å². The molecule has 1 saturated carbocycles. The molecule has 1 aromatic heterocycles. The summed E-state index contributed by atoms with van der Waals surface area (Å²) >= 11 is 1.97. The maximum Gasteiger partial charge on any atom is 0.0540 e. The van der Waals surface area contributed by atoms with Crippen LogP contribution < -0.4 is 5.73 Å². The van der Waals surface area contributed by atoms with Gasteiger partial charge in [-0.3, -0.25) is 4.98 Å². The summed E-state index contributed by atoms with van der Waals surface area (Å²) < 4.78 is 0. The topological polar surface area (TPSA) is 38.9 Å². The van der Waals surface area contributed by atoms with Crippen molar-refractivity contribution in [1.82, 2.24) is 4.98 Å². The Hall–Kier alpha value is -0.540. The summed E-state index contributed by atoms with van der Waals surface area (Å²) in [7, 11) is 0. The van der Waals surface area contributed by atoms with E-state index in [0.29, 0.717) is 6.54 Å². The van der Waals surface area contributed by atoms with Crippen LogP contribution in [0.5, 0.6) is 0 Å². The van der Waals surface area contributed by atoms with Gasteiger partial charge in [-0.2, -0.15) is 0 Å². The van der Waals surface area contributed by atoms with E-state index < -0.39 is 0 Å². The molecule has 0 atom stereocenters. The molecule has 0 aliphatic heterocycles. The van der Waals surface area contributed by atoms with E-state index in [0.717, 1.165) is 10.9 Å². The maximum atomic E-state index is 5.49. The highest BCUT2D eigenvalue weighted by molar-refractivity contribution is 8.00. The predicted octanol–water partition coefficient (Wildman–Crippen LogP) is 2.58. The van der Waals surface area contributed by atoms with Crippen molar-refractivity contribution >= 4 is 11.8 Å². The lowest BCUT2D eigenvalue weighted by Crippen LogP contribution is -1.99. The van der Waals surface area contributed by atoms with Gasteiger partial charge in [0.1, 0.15) is 0 Å². The third kappa shape index (κ3) is 2.49. The van der Waals surface area contributed by atoms with Crippen LogP contribution in [0, 0.1) is 0 Å². The van der Waals surface area contributed by atoms with Crippen LogP contribution >= 0.6 is 11.8 Å². The fourth-order valence-corrected chi connectivity index (χ4v) is 3.01. The average molecular weight is 208 g/mol. The Labute approximate surface area is 89.3 Å². The van der Waals surface area contributed by atoms with Crippen molar-refractivity contribution in [1.29, 1.82) is 0 Å². The molecule has 3 heteroatoms. The molecule has 0 radical (unpaired) electrons. The molecule has 1 heterocycles. The first-order valence-electron chi connectivity index (χ1n) is 5.20. The van der Waals surface area contributed by atoms with Crippen LogP contribution in [0.25, 0.3) is 0 Å². The molecule has 1 aliphatic carbocycles. The molecule has 1 aromatic rings. The number of nitrogens with zero attached hydrogens (tertiary/aromatic N) is 1. The lowest BCUT2D eigenvalue weighted by atomic mass is 10.3. The number of hydrogen-bond donors (Lipinski definition) is 1. The van der Waals surface area contributed by atoms with Crippen molar-refractivity contribution in [3.05, 3.63) is 24.0 Å². The van der Waals surface area contributed by atoms with Crippen LogP contribution in [0.1, 0.15) is 31.4 Å². The molecule has 1 fully saturated rings. The van der Waals surface area contributed by atoms with E-state index >= 15 is 0 Å². The quantitative estimate of drug-likeness (QED) is 0.829. The zero-order valence-electron chi connectivity index (χ0n) is 8.28. The lowest BCUT2D eigenvalue weighted by Gasteiger charge is -2.08. The number of hydrogen-bond acceptors (Lipinski definition) is 3. The molecule has 76 valence electrons. The Morgan fingerprint density at radius 3 is 2.71 bits per heavy atom. The Bertz CT molecular complexity index is 278. The van der Waals surface area contributed by atoms with E-state index in [-0.39, 0.29) is 0 Å². The number of thioether (sulfide) groups is 1. The average Bonchev–Trinajstić information content (AvgIpc) is 2.72. The molecule has 0 aromatic carbocycles. The van der Waals surface area contributed by atoms with Gasteiger partial charge in [-0.05, 0) is 25.0 Å². The first-order valence-corrected chi connectivity index (χ1v) is 6.08. The van der Waals surface area contributed by atoms with Crippen molar-refractivity contribution in [3.63, 3.8) is 0 Å². The molecule has 14 heavy (non-hydrogen) atoms. The Morgan fingerprint density at radius 1 is 1.36 bits per heavy atom. The van der Waals surface area contributed by atoms with Crippen LogP contribution in [-0.4, -0.2) is 10.2 Å². The van der Waals surface area contributed by atoms with Gasteiger partial charge in [-0.25, -0.2) is 0 Å². The van der Waals surface area contributed by atoms with Gasteiger partial charge in [-0.1, -0.05) is 12.8 Å². The summed E-state index contributed by atoms with van der Waals surface area (Å²) in [5.41, 5.74) is 6.47. The van der Waals surface area contributed by atoms with Crippen LogP contribution in [0.3, 0.4) is 0 Å². The monoisotopic (exact) mass is 208 g/mol. The smallest absolute Gasteiger partial charge is 0.0540 e. The molecular weight excluding hydrogens is 192 g/mol. The molecule has 0 unspecified atom stereocenters. The number of pyridine rings is 1. The molecular formula is C11H16N2S. The SMILES string of the molecule is NCc1ccc(SC2CCCC2)cn1. The largest absolute Gasteiger partial charge is 0.325 e. The molecule has 0 spiro atoms. The second kappa shape index (κ2) is 4.80. The van der Waals surface area contributed by atoms with E-state index in [2.05, 4.69) is 11.1 Å². The minimum Gasteiger partial charge on any atom is -0.325 e. The van der Waals surface area contributed by atoms with Gasteiger partial charge in [0.05, 0.1) is 5.69 Å². The van der Waals surface area contributed by atoms with Crippen LogP contribution in [0.15, 0.2) is 23.2 Å². The molecule has 0 bridgehead atoms. The normalized spacial score (nSPS) is 17.5. The highest BCUT2D eigenvalue weighted by Crippen LogP contribution is 2.34. The van der Waals surface area contributed by atoms with Crippen molar-refractivity contribution in [2.75, 3.05) is 0 Å². The van der Waals surface area contributed by atoms with Gasteiger partial charge in [0, 0.05) is 22.9 Å². The van der Waals surface area contributed by atoms with E-state index in [9.17, 15) is 0 Å². The van der Waals surface area contributed by atoms with Gasteiger partial charge in [0.2, 0.25) is 0 Å². The first kappa shape index (κ1) is 9.99. The maximum absolute atomic E-state index is 5.49. The second-order valence-electron chi connectivity index (χ2n) is 3.71. The third-order valence-corrected chi connectivity index (χ3v) is 3.93. The van der Waals surface area contributed by atoms with Crippen LogP contribution in [0.4, 0.5) is 0 Å². The molecule has 1 aliphatic rings. The summed E-state index contributed by atoms with van der Waals surface area (Å²) in [6.07, 6.45) is 7.47. The van der Waals surface area contributed by atoms with E-state index in [1.807, 2.05) is 24.0 Å². The standard InChI is InChI=1S/C11H16N2S/c12-7-9-5-6-11(8-13-9)14-10-3-1-2-4-10/h5-6,8,10H,1-4,7,12H2. The fraction of sp³-hybridized carbons (Fsp3) is 0.545. The molecule has 2 rings (SSSR count). The Morgan fingerprint density at radius 2 is 2.14 bits per heavy atom. The van der Waals surface area contributed by atoms with Crippen molar-refractivity contribution in [3.8, 4) is 0 Å². The van der Waals surface area contributed by atoms with Gasteiger partial charge >= 0.3 is 0 Å². The zero-order chi connectivity index (χ0) is 9.80. The van der Waals surface area contributed by atoms with E-state index in [4.69, 9.17) is 5.73 Å². The number of rotatable bonds is 3. The van der Waals surface area contributed by atoms with Gasteiger partial charge in [0.15, 0.2) is 0 Å². The lowest BCUT2D eigenvalue weighted by molar-refractivity contribution is 0.886. The highest BCUT2D eigenvalue weighted by atomic mass is 32.2. The molecule has 0 saturated heterocycles. The number of nitrogens with two attached hydrogens (primary N) is 1. The Balaban J connectivity index is 1.95. The molecule has 0 amide bonds. The van der Waals surface area contributed by atoms with Gasteiger partial charge in [-0.15, -0.1) is 11.8 Å². The predicted molar refractivity (Wildman–Crippen MR) is 60.2 cm³/mol. The zero-order valence-corrected chi connectivity index (χ0v) is 9.09. The summed E-state index contributed by atoms with van der Waals surface area (Å²) in [5, 5.41) is 0.820. The number of aromatic nitrogens is 1. The fourth-order valence-electron chi connectivity index (χ4n) is 1.80. The minimum atomic E-state index is 0.536. The van der Waals surface area contributed by atoms with Crippen molar-refractivity contribution in [2.45, 2.75) is 42.4 Å². The van der Waals surface area contributed by atoms with Crippen LogP contribution in [0.2, 0.25) is 0 Å². The summed E-state index contributed by atoms with van der Waals surface area (Å²) in [5.74, 6) is 0. The Kier molecular flexibility index (Phi) is 3.43. The third-order valence-electron chi connectivity index (χ3n) is 2.61. The van der Waals surface area contributed by atoms with E-state index in [1.165, 1.54) is 30.6 Å². The van der Waals surface area contributed by atoms with Crippen LogP contribution in [-0.2, 0) is 6.54 Å². The van der Waals surface area contributed by atoms with Crippen molar-refractivity contribution < 1.29 is 0 Å². The first-order chi connectivity index (χ1) is 6.88. The van der Waals surface area contributed by atoms with Gasteiger partial charge < -0.3 is 5.73 Å². The highest BCUT2D eigenvalue weighted by Gasteiger charge is 2.15.